The van der Waals surface area contributed by atoms with Crippen molar-refractivity contribution in [1.29, 1.82) is 0 Å². The molecule has 0 radical (unpaired) electrons. The van der Waals surface area contributed by atoms with Crippen LogP contribution >= 0.6 is 0 Å². The Bertz CT molecular complexity index is 1520. The predicted molar refractivity (Wildman–Crippen MR) is 137 cm³/mol. The van der Waals surface area contributed by atoms with Crippen molar-refractivity contribution < 1.29 is 13.9 Å². The van der Waals surface area contributed by atoms with E-state index in [-0.39, 0.29) is 17.8 Å². The largest absolute Gasteiger partial charge is 0.384 e. The number of nitrogen functional groups attached to an aromatic ring is 1. The van der Waals surface area contributed by atoms with Crippen molar-refractivity contribution in [2.24, 2.45) is 0 Å². The minimum Gasteiger partial charge on any atom is -0.384 e. The van der Waals surface area contributed by atoms with Crippen molar-refractivity contribution in [2.75, 3.05) is 5.73 Å². The monoisotopic (exact) mass is 479 g/mol. The van der Waals surface area contributed by atoms with Gasteiger partial charge in [0, 0.05) is 17.8 Å². The van der Waals surface area contributed by atoms with Gasteiger partial charge in [-0.3, -0.25) is 4.79 Å². The van der Waals surface area contributed by atoms with Gasteiger partial charge in [-0.15, -0.1) is 0 Å². The van der Waals surface area contributed by atoms with Crippen LogP contribution in [0, 0.1) is 19.7 Å². The first-order valence-electron chi connectivity index (χ1n) is 12.0. The fourth-order valence-electron chi connectivity index (χ4n) is 5.59. The number of halogens is 1. The van der Waals surface area contributed by atoms with Gasteiger partial charge in [-0.25, -0.2) is 9.37 Å². The summed E-state index contributed by atoms with van der Waals surface area (Å²) in [6.07, 6.45) is -0.162. The van der Waals surface area contributed by atoms with Gasteiger partial charge in [0.25, 0.3) is 5.91 Å². The Morgan fingerprint density at radius 2 is 1.67 bits per heavy atom. The Kier molecular flexibility index (Phi) is 4.99. The summed E-state index contributed by atoms with van der Waals surface area (Å²) in [5, 5.41) is 3.03. The van der Waals surface area contributed by atoms with E-state index in [9.17, 15) is 9.18 Å². The van der Waals surface area contributed by atoms with Crippen LogP contribution in [0.3, 0.4) is 0 Å². The first-order chi connectivity index (χ1) is 17.2. The summed E-state index contributed by atoms with van der Waals surface area (Å²) in [5.41, 5.74) is 14.8. The van der Waals surface area contributed by atoms with Crippen LogP contribution in [0.5, 0.6) is 0 Å². The first kappa shape index (κ1) is 22.4. The number of hydrogen-bond donors (Lipinski definition) is 2. The van der Waals surface area contributed by atoms with Gasteiger partial charge in [-0.05, 0) is 102 Å². The highest BCUT2D eigenvalue weighted by Gasteiger charge is 2.51. The van der Waals surface area contributed by atoms with Crippen LogP contribution in [-0.4, -0.2) is 10.9 Å². The van der Waals surface area contributed by atoms with E-state index in [4.69, 9.17) is 10.5 Å². The second kappa shape index (κ2) is 8.00. The van der Waals surface area contributed by atoms with Crippen molar-refractivity contribution in [2.45, 2.75) is 39.0 Å². The number of carbonyl (C=O) groups is 1. The predicted octanol–water partition coefficient (Wildman–Crippen LogP) is 5.71. The summed E-state index contributed by atoms with van der Waals surface area (Å²) in [5.74, 6) is 0.0666. The van der Waals surface area contributed by atoms with E-state index >= 15 is 0 Å². The molecule has 3 N–H and O–H groups in total. The van der Waals surface area contributed by atoms with E-state index in [1.165, 1.54) is 12.1 Å². The fraction of sp³-hybridized carbons (Fsp3) is 0.200. The average Bonchev–Trinajstić information content (AvgIpc) is 3.32. The van der Waals surface area contributed by atoms with Crippen LogP contribution in [-0.2, 0) is 16.9 Å². The minimum absolute atomic E-state index is 0.153. The Balaban J connectivity index is 1.29. The third-order valence-corrected chi connectivity index (χ3v) is 7.49. The second-order valence-corrected chi connectivity index (χ2v) is 9.75. The molecule has 0 aliphatic carbocycles. The standard InChI is InChI=1S/C30H26FN3O2/c1-16-12-27(32)34-17(2)24(16)15-33-29(35)20-7-11-23-26(14-20)30(3)25-13-19(6-10-22(25)28(23)36-30)18-4-8-21(31)9-5-18/h4-14,28H,15H2,1-3H3,(H2,32,34)(H,33,35). The number of anilines is 1. The normalized spacial score (nSPS) is 19.2. The topological polar surface area (TPSA) is 77.2 Å². The molecule has 5 nitrogen and oxygen atoms in total. The molecule has 3 aromatic carbocycles. The molecule has 3 heterocycles. The lowest BCUT2D eigenvalue weighted by molar-refractivity contribution is 0.00901. The van der Waals surface area contributed by atoms with Crippen molar-refractivity contribution in [1.82, 2.24) is 10.3 Å². The van der Waals surface area contributed by atoms with Gasteiger partial charge in [0.15, 0.2) is 0 Å². The number of nitrogens with two attached hydrogens (primary N) is 1. The van der Waals surface area contributed by atoms with Crippen LogP contribution in [0.2, 0.25) is 0 Å². The van der Waals surface area contributed by atoms with Gasteiger partial charge in [0.1, 0.15) is 23.3 Å². The highest BCUT2D eigenvalue weighted by molar-refractivity contribution is 5.94. The lowest BCUT2D eigenvalue weighted by atomic mass is 9.77. The van der Waals surface area contributed by atoms with Gasteiger partial charge in [-0.2, -0.15) is 0 Å². The molecule has 2 aliphatic rings. The summed E-state index contributed by atoms with van der Waals surface area (Å²) < 4.78 is 19.9. The molecule has 0 fully saturated rings. The number of nitrogens with zero attached hydrogens (tertiary/aromatic N) is 1. The third kappa shape index (κ3) is 3.40. The number of amides is 1. The van der Waals surface area contributed by atoms with Crippen molar-refractivity contribution in [3.05, 3.63) is 117 Å². The van der Waals surface area contributed by atoms with Crippen LogP contribution in [0.4, 0.5) is 10.2 Å². The maximum absolute atomic E-state index is 13.4. The Hall–Kier alpha value is -4.03. The summed E-state index contributed by atoms with van der Waals surface area (Å²) in [6.45, 7) is 6.29. The zero-order chi connectivity index (χ0) is 25.2. The molecule has 2 unspecified atom stereocenters. The zero-order valence-corrected chi connectivity index (χ0v) is 20.4. The number of nitrogens with one attached hydrogen (secondary N) is 1. The second-order valence-electron chi connectivity index (χ2n) is 9.75. The molecule has 0 spiro atoms. The van der Waals surface area contributed by atoms with Gasteiger partial charge >= 0.3 is 0 Å². The molecule has 180 valence electrons. The van der Waals surface area contributed by atoms with Gasteiger partial charge in [-0.1, -0.05) is 30.3 Å². The van der Waals surface area contributed by atoms with E-state index in [2.05, 4.69) is 35.4 Å². The number of benzene rings is 3. The summed E-state index contributed by atoms with van der Waals surface area (Å²) in [7, 11) is 0. The van der Waals surface area contributed by atoms with Crippen LogP contribution in [0.1, 0.15) is 62.5 Å². The smallest absolute Gasteiger partial charge is 0.251 e. The number of rotatable bonds is 4. The Morgan fingerprint density at radius 3 is 2.39 bits per heavy atom. The van der Waals surface area contributed by atoms with E-state index in [1.54, 1.807) is 12.1 Å². The molecule has 0 saturated carbocycles. The van der Waals surface area contributed by atoms with Crippen molar-refractivity contribution >= 4 is 11.7 Å². The molecule has 0 saturated heterocycles. The molecule has 1 aromatic heterocycles. The number of aryl methyl sites for hydroxylation is 2. The molecule has 6 heteroatoms. The maximum Gasteiger partial charge on any atom is 0.251 e. The summed E-state index contributed by atoms with van der Waals surface area (Å²) >= 11 is 0. The Morgan fingerprint density at radius 1 is 1.00 bits per heavy atom. The number of aromatic nitrogens is 1. The van der Waals surface area contributed by atoms with Gasteiger partial charge < -0.3 is 15.8 Å². The van der Waals surface area contributed by atoms with E-state index in [1.807, 2.05) is 38.1 Å². The number of pyridine rings is 1. The average molecular weight is 480 g/mol. The third-order valence-electron chi connectivity index (χ3n) is 7.49. The number of hydrogen-bond acceptors (Lipinski definition) is 4. The number of ether oxygens (including phenoxy) is 1. The highest BCUT2D eigenvalue weighted by Crippen LogP contribution is 2.58. The quantitative estimate of drug-likeness (QED) is 0.393. The molecule has 1 amide bonds. The van der Waals surface area contributed by atoms with Gasteiger partial charge in [0.2, 0.25) is 0 Å². The maximum atomic E-state index is 13.4. The number of carbonyl (C=O) groups excluding carboxylic acids is 1. The van der Waals surface area contributed by atoms with Gasteiger partial charge in [0.05, 0.1) is 0 Å². The molecular formula is C30H26FN3O2. The SMILES string of the molecule is Cc1cc(N)nc(C)c1CNC(=O)c1ccc2c(c1)C1(C)OC2c2ccc(-c3ccc(F)cc3)cc21. The lowest BCUT2D eigenvalue weighted by Crippen LogP contribution is -2.26. The molecule has 6 rings (SSSR count). The molecule has 36 heavy (non-hydrogen) atoms. The lowest BCUT2D eigenvalue weighted by Gasteiger charge is -2.25. The molecule has 4 aromatic rings. The molecular weight excluding hydrogens is 453 g/mol. The minimum atomic E-state index is -0.657. The fourth-order valence-corrected chi connectivity index (χ4v) is 5.59. The summed E-state index contributed by atoms with van der Waals surface area (Å²) in [4.78, 5) is 17.4. The van der Waals surface area contributed by atoms with Crippen molar-refractivity contribution in [3.8, 4) is 11.1 Å². The van der Waals surface area contributed by atoms with Crippen molar-refractivity contribution in [3.63, 3.8) is 0 Å². The van der Waals surface area contributed by atoms with E-state index in [0.29, 0.717) is 17.9 Å². The zero-order valence-electron chi connectivity index (χ0n) is 20.4. The Labute approximate surface area is 209 Å². The molecule has 2 bridgehead atoms. The van der Waals surface area contributed by atoms with Crippen LogP contribution in [0.25, 0.3) is 11.1 Å². The van der Waals surface area contributed by atoms with E-state index < -0.39 is 5.60 Å². The van der Waals surface area contributed by atoms with Crippen LogP contribution < -0.4 is 11.1 Å². The molecule has 2 atom stereocenters. The summed E-state index contributed by atoms with van der Waals surface area (Å²) in [6, 6.07) is 20.4. The van der Waals surface area contributed by atoms with Crippen LogP contribution in [0.15, 0.2) is 66.7 Å². The number of fused-ring (bicyclic) bond motifs is 8. The highest BCUT2D eigenvalue weighted by atomic mass is 19.1. The first-order valence-corrected chi connectivity index (χ1v) is 12.0. The van der Waals surface area contributed by atoms with E-state index in [0.717, 1.165) is 50.2 Å². The molecule has 2 aliphatic heterocycles.